The number of benzene rings is 1. The molecule has 1 aromatic rings. The lowest BCUT2D eigenvalue weighted by molar-refractivity contribution is 0.0983. The fraction of sp³-hybridized carbons (Fsp3) is 0.200. The van der Waals surface area contributed by atoms with Gasteiger partial charge in [-0.15, -0.1) is 0 Å². The van der Waals surface area contributed by atoms with Gasteiger partial charge in [0.05, 0.1) is 13.2 Å². The molecule has 0 fully saturated rings. The van der Waals surface area contributed by atoms with Gasteiger partial charge in [0.1, 0.15) is 0 Å². The van der Waals surface area contributed by atoms with Crippen molar-refractivity contribution in [2.24, 2.45) is 11.5 Å². The van der Waals surface area contributed by atoms with Gasteiger partial charge in [-0.1, -0.05) is 0 Å². The largest absolute Gasteiger partial charge is 0.392 e. The molecule has 0 radical (unpaired) electrons. The minimum atomic E-state index is -0.741. The second kappa shape index (κ2) is 4.73. The third kappa shape index (κ3) is 2.02. The number of carbonyl (C=O) groups excluding carboxylic acids is 2. The maximum Gasteiger partial charge on any atom is 0.249 e. The molecule has 0 aliphatic carbocycles. The molecule has 16 heavy (non-hydrogen) atoms. The summed E-state index contributed by atoms with van der Waals surface area (Å²) < 4.78 is 0. The molecule has 2 amide bonds. The van der Waals surface area contributed by atoms with E-state index in [2.05, 4.69) is 0 Å². The van der Waals surface area contributed by atoms with Crippen molar-refractivity contribution < 1.29 is 19.8 Å². The van der Waals surface area contributed by atoms with Crippen LogP contribution in [0, 0.1) is 0 Å². The van der Waals surface area contributed by atoms with Crippen molar-refractivity contribution in [3.8, 4) is 0 Å². The van der Waals surface area contributed by atoms with E-state index in [1.165, 1.54) is 12.1 Å². The Morgan fingerprint density at radius 2 is 1.25 bits per heavy atom. The van der Waals surface area contributed by atoms with Gasteiger partial charge in [0.15, 0.2) is 0 Å². The lowest BCUT2D eigenvalue weighted by atomic mass is 9.96. The van der Waals surface area contributed by atoms with E-state index in [1.54, 1.807) is 0 Å². The number of hydrogen-bond acceptors (Lipinski definition) is 4. The molecule has 0 spiro atoms. The molecule has 0 saturated carbocycles. The van der Waals surface area contributed by atoms with Crippen molar-refractivity contribution in [3.05, 3.63) is 34.4 Å². The Kier molecular flexibility index (Phi) is 3.60. The SMILES string of the molecule is NC(=O)c1ccc(C(N)=O)c(CO)c1CO. The summed E-state index contributed by atoms with van der Waals surface area (Å²) in [6.07, 6.45) is 0. The van der Waals surface area contributed by atoms with Gasteiger partial charge in [-0.3, -0.25) is 9.59 Å². The van der Waals surface area contributed by atoms with E-state index in [1.807, 2.05) is 0 Å². The predicted molar refractivity (Wildman–Crippen MR) is 55.3 cm³/mol. The average Bonchev–Trinajstić information content (AvgIpc) is 2.26. The monoisotopic (exact) mass is 224 g/mol. The average molecular weight is 224 g/mol. The molecule has 6 heteroatoms. The summed E-state index contributed by atoms with van der Waals surface area (Å²) in [4.78, 5) is 22.1. The molecule has 0 heterocycles. The van der Waals surface area contributed by atoms with Crippen LogP contribution in [0.1, 0.15) is 31.8 Å². The van der Waals surface area contributed by atoms with Crippen LogP contribution in [-0.4, -0.2) is 22.0 Å². The number of nitrogens with two attached hydrogens (primary N) is 2. The van der Waals surface area contributed by atoms with E-state index in [4.69, 9.17) is 21.7 Å². The molecule has 0 unspecified atom stereocenters. The number of primary amides is 2. The van der Waals surface area contributed by atoms with Gasteiger partial charge in [0.2, 0.25) is 11.8 Å². The van der Waals surface area contributed by atoms with Crippen molar-refractivity contribution in [2.75, 3.05) is 0 Å². The molecule has 0 atom stereocenters. The van der Waals surface area contributed by atoms with Crippen LogP contribution in [-0.2, 0) is 13.2 Å². The number of aliphatic hydroxyl groups excluding tert-OH is 2. The van der Waals surface area contributed by atoms with Crippen LogP contribution >= 0.6 is 0 Å². The quantitative estimate of drug-likeness (QED) is 0.516. The minimum absolute atomic E-state index is 0.0663. The second-order valence-corrected chi connectivity index (χ2v) is 3.16. The van der Waals surface area contributed by atoms with Crippen molar-refractivity contribution in [3.63, 3.8) is 0 Å². The Morgan fingerprint density at radius 3 is 1.44 bits per heavy atom. The van der Waals surface area contributed by atoms with Crippen molar-refractivity contribution in [2.45, 2.75) is 13.2 Å². The smallest absolute Gasteiger partial charge is 0.249 e. The number of hydrogen-bond donors (Lipinski definition) is 4. The van der Waals surface area contributed by atoms with E-state index >= 15 is 0 Å². The topological polar surface area (TPSA) is 127 Å². The zero-order valence-electron chi connectivity index (χ0n) is 8.43. The molecule has 1 aromatic carbocycles. The standard InChI is InChI=1S/C10H12N2O4/c11-9(15)5-1-2-6(10(12)16)8(4-14)7(5)3-13/h1-2,13-14H,3-4H2,(H2,11,15)(H2,12,16). The van der Waals surface area contributed by atoms with Gasteiger partial charge < -0.3 is 21.7 Å². The van der Waals surface area contributed by atoms with Crippen LogP contribution in [0.2, 0.25) is 0 Å². The van der Waals surface area contributed by atoms with Crippen LogP contribution in [0.4, 0.5) is 0 Å². The molecule has 0 aliphatic heterocycles. The molecule has 0 bridgehead atoms. The maximum absolute atomic E-state index is 11.0. The molecular weight excluding hydrogens is 212 g/mol. The zero-order valence-corrected chi connectivity index (χ0v) is 8.43. The van der Waals surface area contributed by atoms with Gasteiger partial charge in [0, 0.05) is 11.1 Å². The van der Waals surface area contributed by atoms with Gasteiger partial charge in [-0.25, -0.2) is 0 Å². The van der Waals surface area contributed by atoms with Crippen LogP contribution in [0.5, 0.6) is 0 Å². The summed E-state index contributed by atoms with van der Waals surface area (Å²) in [6.45, 7) is -1.01. The number of amides is 2. The molecule has 6 N–H and O–H groups in total. The van der Waals surface area contributed by atoms with Crippen molar-refractivity contribution >= 4 is 11.8 Å². The van der Waals surface area contributed by atoms with Gasteiger partial charge in [-0.2, -0.15) is 0 Å². The Labute approximate surface area is 91.5 Å². The molecule has 6 nitrogen and oxygen atoms in total. The van der Waals surface area contributed by atoms with Crippen molar-refractivity contribution in [1.29, 1.82) is 0 Å². The number of carbonyl (C=O) groups is 2. The second-order valence-electron chi connectivity index (χ2n) is 3.16. The third-order valence-corrected chi connectivity index (χ3v) is 2.28. The van der Waals surface area contributed by atoms with E-state index in [-0.39, 0.29) is 22.3 Å². The van der Waals surface area contributed by atoms with E-state index in [0.717, 1.165) is 0 Å². The van der Waals surface area contributed by atoms with Gasteiger partial charge in [0.25, 0.3) is 0 Å². The first-order valence-corrected chi connectivity index (χ1v) is 4.49. The highest BCUT2D eigenvalue weighted by Gasteiger charge is 2.17. The highest BCUT2D eigenvalue weighted by molar-refractivity contribution is 5.99. The van der Waals surface area contributed by atoms with Crippen molar-refractivity contribution in [1.82, 2.24) is 0 Å². The minimum Gasteiger partial charge on any atom is -0.392 e. The van der Waals surface area contributed by atoms with E-state index in [9.17, 15) is 9.59 Å². The highest BCUT2D eigenvalue weighted by Crippen LogP contribution is 2.19. The van der Waals surface area contributed by atoms with Crippen LogP contribution in [0.25, 0.3) is 0 Å². The van der Waals surface area contributed by atoms with Crippen LogP contribution in [0.3, 0.4) is 0 Å². The fourth-order valence-corrected chi connectivity index (χ4v) is 1.52. The summed E-state index contributed by atoms with van der Waals surface area (Å²) in [6, 6.07) is 2.60. The lowest BCUT2D eigenvalue weighted by Crippen LogP contribution is -2.20. The molecule has 1 rings (SSSR count). The Bertz CT molecular complexity index is 402. The van der Waals surface area contributed by atoms with E-state index in [0.29, 0.717) is 0 Å². The molecule has 0 saturated heterocycles. The lowest BCUT2D eigenvalue weighted by Gasteiger charge is -2.12. The first-order valence-electron chi connectivity index (χ1n) is 4.49. The Hall–Kier alpha value is -1.92. The summed E-state index contributed by atoms with van der Waals surface area (Å²) in [7, 11) is 0. The first kappa shape index (κ1) is 12.2. The molecular formula is C10H12N2O4. The Balaban J connectivity index is 3.52. The van der Waals surface area contributed by atoms with Gasteiger partial charge in [-0.05, 0) is 23.3 Å². The molecule has 0 aromatic heterocycles. The van der Waals surface area contributed by atoms with Crippen LogP contribution in [0.15, 0.2) is 12.1 Å². The first-order chi connectivity index (χ1) is 7.52. The molecule has 86 valence electrons. The zero-order chi connectivity index (χ0) is 12.3. The fourth-order valence-electron chi connectivity index (χ4n) is 1.52. The third-order valence-electron chi connectivity index (χ3n) is 2.28. The molecule has 0 aliphatic rings. The number of rotatable bonds is 4. The summed E-state index contributed by atoms with van der Waals surface area (Å²) in [5, 5.41) is 18.2. The number of aliphatic hydroxyl groups is 2. The predicted octanol–water partition coefficient (Wildman–Crippen LogP) is -1.13. The summed E-state index contributed by atoms with van der Waals surface area (Å²) in [5.74, 6) is -1.48. The summed E-state index contributed by atoms with van der Waals surface area (Å²) in [5.41, 5.74) is 10.6. The normalized spacial score (nSPS) is 10.1. The Morgan fingerprint density at radius 1 is 0.938 bits per heavy atom. The maximum atomic E-state index is 11.0. The summed E-state index contributed by atoms with van der Waals surface area (Å²) >= 11 is 0. The van der Waals surface area contributed by atoms with Gasteiger partial charge >= 0.3 is 0 Å². The highest BCUT2D eigenvalue weighted by atomic mass is 16.3. The van der Waals surface area contributed by atoms with Crippen LogP contribution < -0.4 is 11.5 Å². The van der Waals surface area contributed by atoms with E-state index < -0.39 is 25.0 Å².